The van der Waals surface area contributed by atoms with Gasteiger partial charge in [0.05, 0.1) is 0 Å². The van der Waals surface area contributed by atoms with E-state index in [1.54, 1.807) is 24.3 Å². The number of amides is 4. The average molecular weight is 289 g/mol. The molecule has 4 amide bonds. The van der Waals surface area contributed by atoms with Crippen molar-refractivity contribution in [2.24, 2.45) is 11.1 Å². The molecular formula is C15H19N3O3. The highest BCUT2D eigenvalue weighted by molar-refractivity contribution is 6.09. The Morgan fingerprint density at radius 2 is 1.81 bits per heavy atom. The summed E-state index contributed by atoms with van der Waals surface area (Å²) < 4.78 is 0. The molecule has 112 valence electrons. The average Bonchev–Trinajstić information content (AvgIpc) is 2.64. The number of urea groups is 1. The van der Waals surface area contributed by atoms with Gasteiger partial charge in [0.2, 0.25) is 5.91 Å². The second kappa shape index (κ2) is 4.87. The van der Waals surface area contributed by atoms with E-state index in [9.17, 15) is 14.4 Å². The minimum Gasteiger partial charge on any atom is -0.368 e. The van der Waals surface area contributed by atoms with E-state index < -0.39 is 35.3 Å². The fourth-order valence-corrected chi connectivity index (χ4v) is 2.70. The Labute approximate surface area is 123 Å². The van der Waals surface area contributed by atoms with Crippen LogP contribution in [0.4, 0.5) is 4.79 Å². The normalized spacial score (nSPS) is 22.3. The van der Waals surface area contributed by atoms with Crippen LogP contribution >= 0.6 is 0 Å². The third-order valence-electron chi connectivity index (χ3n) is 3.75. The van der Waals surface area contributed by atoms with E-state index >= 15 is 0 Å². The maximum atomic E-state index is 12.9. The number of nitrogens with zero attached hydrogens (tertiary/aromatic N) is 1. The highest BCUT2D eigenvalue weighted by atomic mass is 16.2. The molecule has 1 heterocycles. The Bertz CT molecular complexity index is 592. The van der Waals surface area contributed by atoms with Crippen LogP contribution < -0.4 is 11.1 Å². The molecule has 0 radical (unpaired) electrons. The molecule has 1 aliphatic rings. The molecule has 6 nitrogen and oxygen atoms in total. The number of nitrogens with one attached hydrogen (secondary N) is 1. The lowest BCUT2D eigenvalue weighted by molar-refractivity contribution is -0.138. The van der Waals surface area contributed by atoms with Crippen molar-refractivity contribution in [1.82, 2.24) is 10.2 Å². The van der Waals surface area contributed by atoms with Crippen molar-refractivity contribution in [3.63, 3.8) is 0 Å². The molecule has 0 saturated carbocycles. The van der Waals surface area contributed by atoms with Gasteiger partial charge >= 0.3 is 6.03 Å². The van der Waals surface area contributed by atoms with Crippen molar-refractivity contribution >= 4 is 17.8 Å². The minimum absolute atomic E-state index is 0.421. The quantitative estimate of drug-likeness (QED) is 0.812. The summed E-state index contributed by atoms with van der Waals surface area (Å²) in [5.41, 5.74) is 4.02. The van der Waals surface area contributed by atoms with E-state index in [1.165, 1.54) is 0 Å². The van der Waals surface area contributed by atoms with Crippen LogP contribution in [0.2, 0.25) is 0 Å². The molecular weight excluding hydrogens is 270 g/mol. The van der Waals surface area contributed by atoms with Crippen molar-refractivity contribution in [2.75, 3.05) is 6.54 Å². The van der Waals surface area contributed by atoms with E-state index in [1.807, 2.05) is 26.8 Å². The summed E-state index contributed by atoms with van der Waals surface area (Å²) in [7, 11) is 0. The van der Waals surface area contributed by atoms with Gasteiger partial charge in [-0.15, -0.1) is 0 Å². The van der Waals surface area contributed by atoms with Crippen LogP contribution in [0.1, 0.15) is 26.3 Å². The number of nitrogens with two attached hydrogens (primary N) is 1. The maximum absolute atomic E-state index is 12.9. The first-order valence-corrected chi connectivity index (χ1v) is 6.68. The Balaban J connectivity index is 2.57. The molecule has 1 atom stereocenters. The fraction of sp³-hybridized carbons (Fsp3) is 0.400. The van der Waals surface area contributed by atoms with Gasteiger partial charge in [-0.05, 0) is 11.0 Å². The van der Waals surface area contributed by atoms with Gasteiger partial charge in [-0.3, -0.25) is 14.5 Å². The van der Waals surface area contributed by atoms with Crippen molar-refractivity contribution in [3.05, 3.63) is 35.9 Å². The Morgan fingerprint density at radius 3 is 2.29 bits per heavy atom. The SMILES string of the molecule is CC(C)(C)C1(c2ccccc2)NC(=O)N(CC(N)=O)C1=O. The van der Waals surface area contributed by atoms with Crippen LogP contribution in [-0.2, 0) is 15.1 Å². The summed E-state index contributed by atoms with van der Waals surface area (Å²) in [6.07, 6.45) is 0. The number of benzene rings is 1. The number of hydrogen-bond donors (Lipinski definition) is 2. The predicted octanol–water partition coefficient (Wildman–Crippen LogP) is 0.965. The van der Waals surface area contributed by atoms with E-state index in [0.29, 0.717) is 5.56 Å². The minimum atomic E-state index is -1.21. The summed E-state index contributed by atoms with van der Waals surface area (Å²) in [5.74, 6) is -1.18. The third-order valence-corrected chi connectivity index (χ3v) is 3.75. The van der Waals surface area contributed by atoms with Gasteiger partial charge in [-0.25, -0.2) is 4.79 Å². The second-order valence-electron chi connectivity index (χ2n) is 6.15. The van der Waals surface area contributed by atoms with Crippen LogP contribution in [0.3, 0.4) is 0 Å². The molecule has 0 bridgehead atoms. The topological polar surface area (TPSA) is 92.5 Å². The second-order valence-corrected chi connectivity index (χ2v) is 6.15. The molecule has 6 heteroatoms. The summed E-state index contributed by atoms with van der Waals surface area (Å²) in [4.78, 5) is 37.0. The standard InChI is InChI=1S/C15H19N3O3/c1-14(2,3)15(10-7-5-4-6-8-10)12(20)18(9-11(16)19)13(21)17-15/h4-8H,9H2,1-3H3,(H2,16,19)(H,17,21). The fourth-order valence-electron chi connectivity index (χ4n) is 2.70. The highest BCUT2D eigenvalue weighted by Gasteiger charge is 2.59. The van der Waals surface area contributed by atoms with E-state index in [0.717, 1.165) is 4.90 Å². The Morgan fingerprint density at radius 1 is 1.24 bits per heavy atom. The van der Waals surface area contributed by atoms with Crippen LogP contribution in [0.15, 0.2) is 30.3 Å². The van der Waals surface area contributed by atoms with Gasteiger partial charge in [0, 0.05) is 0 Å². The van der Waals surface area contributed by atoms with Gasteiger partial charge in [0.15, 0.2) is 5.54 Å². The molecule has 21 heavy (non-hydrogen) atoms. The number of carbonyl (C=O) groups is 3. The largest absolute Gasteiger partial charge is 0.368 e. The van der Waals surface area contributed by atoms with Crippen molar-refractivity contribution in [1.29, 1.82) is 0 Å². The first-order chi connectivity index (χ1) is 9.70. The number of rotatable bonds is 3. The molecule has 1 unspecified atom stereocenters. The van der Waals surface area contributed by atoms with Gasteiger partial charge in [0.25, 0.3) is 5.91 Å². The summed E-state index contributed by atoms with van der Waals surface area (Å²) in [6.45, 7) is 5.18. The molecule has 0 spiro atoms. The molecule has 1 aliphatic heterocycles. The van der Waals surface area contributed by atoms with Crippen LogP contribution in [0.25, 0.3) is 0 Å². The first-order valence-electron chi connectivity index (χ1n) is 6.68. The Kier molecular flexibility index (Phi) is 3.49. The van der Waals surface area contributed by atoms with Crippen molar-refractivity contribution < 1.29 is 14.4 Å². The monoisotopic (exact) mass is 289 g/mol. The lowest BCUT2D eigenvalue weighted by atomic mass is 9.69. The summed E-state index contributed by atoms with van der Waals surface area (Å²) >= 11 is 0. The Hall–Kier alpha value is -2.37. The van der Waals surface area contributed by atoms with Crippen LogP contribution in [-0.4, -0.2) is 29.3 Å². The molecule has 1 fully saturated rings. The highest BCUT2D eigenvalue weighted by Crippen LogP contribution is 2.43. The molecule has 1 saturated heterocycles. The zero-order chi connectivity index (χ0) is 15.8. The summed E-state index contributed by atoms with van der Waals surface area (Å²) in [6, 6.07) is 8.42. The van der Waals surface area contributed by atoms with Gasteiger partial charge < -0.3 is 11.1 Å². The van der Waals surface area contributed by atoms with Gasteiger partial charge in [-0.2, -0.15) is 0 Å². The van der Waals surface area contributed by atoms with E-state index in [4.69, 9.17) is 5.73 Å². The molecule has 1 aromatic rings. The molecule has 2 rings (SSSR count). The summed E-state index contributed by atoms with van der Waals surface area (Å²) in [5, 5.41) is 2.76. The molecule has 3 N–H and O–H groups in total. The number of imide groups is 1. The number of primary amides is 1. The van der Waals surface area contributed by atoms with Gasteiger partial charge in [0.1, 0.15) is 6.54 Å². The van der Waals surface area contributed by atoms with E-state index in [2.05, 4.69) is 5.32 Å². The molecule has 0 aromatic heterocycles. The smallest absolute Gasteiger partial charge is 0.325 e. The van der Waals surface area contributed by atoms with Crippen LogP contribution in [0.5, 0.6) is 0 Å². The first kappa shape index (κ1) is 15.0. The lowest BCUT2D eigenvalue weighted by Crippen LogP contribution is -2.54. The van der Waals surface area contributed by atoms with Gasteiger partial charge in [-0.1, -0.05) is 51.1 Å². The van der Waals surface area contributed by atoms with Crippen molar-refractivity contribution in [2.45, 2.75) is 26.3 Å². The van der Waals surface area contributed by atoms with E-state index in [-0.39, 0.29) is 0 Å². The van der Waals surface area contributed by atoms with Crippen LogP contribution in [0, 0.1) is 5.41 Å². The van der Waals surface area contributed by atoms with Crippen molar-refractivity contribution in [3.8, 4) is 0 Å². The zero-order valence-electron chi connectivity index (χ0n) is 12.3. The molecule has 0 aliphatic carbocycles. The third kappa shape index (κ3) is 2.26. The predicted molar refractivity (Wildman–Crippen MR) is 77.0 cm³/mol. The molecule has 1 aromatic carbocycles. The lowest BCUT2D eigenvalue weighted by Gasteiger charge is -2.39. The zero-order valence-corrected chi connectivity index (χ0v) is 12.3. The maximum Gasteiger partial charge on any atom is 0.325 e. The number of hydrogen-bond acceptors (Lipinski definition) is 3. The number of carbonyl (C=O) groups excluding carboxylic acids is 3.